The maximum absolute atomic E-state index is 2.45. The predicted octanol–water partition coefficient (Wildman–Crippen LogP) is 7.84. The number of hydrogen-bond donors (Lipinski definition) is 0. The van der Waals surface area contributed by atoms with Gasteiger partial charge >= 0.3 is 92.4 Å². The van der Waals surface area contributed by atoms with E-state index in [1.54, 1.807) is 0 Å². The third-order valence-electron chi connectivity index (χ3n) is 4.35. The molecule has 0 radical (unpaired) electrons. The van der Waals surface area contributed by atoms with Gasteiger partial charge in [-0.25, -0.2) is 0 Å². The molecule has 1 atom stereocenters. The van der Waals surface area contributed by atoms with E-state index in [1.807, 2.05) is 0 Å². The van der Waals surface area contributed by atoms with Crippen LogP contribution in [0.4, 0.5) is 0 Å². The molecular formula is C20H46Sn. The maximum atomic E-state index is 2.45. The molecule has 0 nitrogen and oxygen atoms in total. The minimum absolute atomic E-state index is 0.595. The SMILES string of the molecule is CCCCC(C)CC.C[C](C)(C)[SnH]([C](C)(C)C)[C](C)(C)C. The van der Waals surface area contributed by atoms with Crippen molar-refractivity contribution in [2.45, 2.75) is 119 Å². The molecule has 0 rings (SSSR count). The van der Waals surface area contributed by atoms with Gasteiger partial charge in [-0.05, 0) is 5.92 Å². The average Bonchev–Trinajstić information content (AvgIpc) is 2.19. The Morgan fingerprint density at radius 2 is 1.05 bits per heavy atom. The first-order valence-electron chi connectivity index (χ1n) is 9.17. The minimum atomic E-state index is -1.58. The monoisotopic (exact) mass is 406 g/mol. The normalized spacial score (nSPS) is 14.7. The topological polar surface area (TPSA) is 0 Å². The van der Waals surface area contributed by atoms with Gasteiger partial charge in [0.25, 0.3) is 0 Å². The van der Waals surface area contributed by atoms with Gasteiger partial charge in [0.1, 0.15) is 0 Å². The number of unbranched alkanes of at least 4 members (excludes halogenated alkanes) is 1. The summed E-state index contributed by atoms with van der Waals surface area (Å²) in [5, 5.41) is 0. The standard InChI is InChI=1S/C8H18.3C4H9.Sn.H/c1-4-6-7-8(3)5-2;3*1-4(2)3;;/h8H,4-7H2,1-3H3;3*1-3H3;;. The summed E-state index contributed by atoms with van der Waals surface area (Å²) in [4.78, 5) is 0. The van der Waals surface area contributed by atoms with Crippen LogP contribution in [0.15, 0.2) is 0 Å². The van der Waals surface area contributed by atoms with Gasteiger partial charge in [0.2, 0.25) is 0 Å². The van der Waals surface area contributed by atoms with E-state index in [4.69, 9.17) is 0 Å². The third-order valence-corrected chi connectivity index (χ3v) is 19.2. The summed E-state index contributed by atoms with van der Waals surface area (Å²) in [5.41, 5.74) is 0. The van der Waals surface area contributed by atoms with Crippen LogP contribution < -0.4 is 0 Å². The van der Waals surface area contributed by atoms with Crippen molar-refractivity contribution in [3.8, 4) is 0 Å². The summed E-state index contributed by atoms with van der Waals surface area (Å²) in [5.74, 6) is 0.954. The van der Waals surface area contributed by atoms with Crippen molar-refractivity contribution in [1.82, 2.24) is 0 Å². The van der Waals surface area contributed by atoms with Crippen LogP contribution >= 0.6 is 0 Å². The van der Waals surface area contributed by atoms with E-state index >= 15 is 0 Å². The molecule has 1 unspecified atom stereocenters. The molecule has 0 aliphatic carbocycles. The van der Waals surface area contributed by atoms with Crippen LogP contribution in [0.1, 0.15) is 109 Å². The Morgan fingerprint density at radius 3 is 1.19 bits per heavy atom. The summed E-state index contributed by atoms with van der Waals surface area (Å²) < 4.78 is 1.79. The van der Waals surface area contributed by atoms with Crippen LogP contribution in [0.2, 0.25) is 10.3 Å². The first-order chi connectivity index (χ1) is 9.17. The Labute approximate surface area is 144 Å². The van der Waals surface area contributed by atoms with E-state index in [1.165, 1.54) is 25.7 Å². The van der Waals surface area contributed by atoms with Crippen molar-refractivity contribution in [3.05, 3.63) is 0 Å². The molecule has 0 aromatic carbocycles. The van der Waals surface area contributed by atoms with Crippen molar-refractivity contribution in [2.24, 2.45) is 5.92 Å². The van der Waals surface area contributed by atoms with E-state index in [9.17, 15) is 0 Å². The summed E-state index contributed by atoms with van der Waals surface area (Å²) in [6.45, 7) is 28.9. The van der Waals surface area contributed by atoms with Gasteiger partial charge in [-0.15, -0.1) is 0 Å². The molecule has 0 fully saturated rings. The third kappa shape index (κ3) is 12.0. The summed E-state index contributed by atoms with van der Waals surface area (Å²) >= 11 is -1.58. The van der Waals surface area contributed by atoms with Crippen LogP contribution in [0.25, 0.3) is 0 Å². The van der Waals surface area contributed by atoms with Gasteiger partial charge in [-0.3, -0.25) is 0 Å². The molecule has 0 amide bonds. The van der Waals surface area contributed by atoms with Gasteiger partial charge in [0, 0.05) is 0 Å². The fourth-order valence-corrected chi connectivity index (χ4v) is 26.9. The quantitative estimate of drug-likeness (QED) is 0.418. The number of hydrogen-bond acceptors (Lipinski definition) is 0. The van der Waals surface area contributed by atoms with Crippen molar-refractivity contribution in [1.29, 1.82) is 0 Å². The summed E-state index contributed by atoms with van der Waals surface area (Å²) in [7, 11) is 0. The van der Waals surface area contributed by atoms with Gasteiger partial charge in [0.05, 0.1) is 0 Å². The Kier molecular flexibility index (Phi) is 11.3. The Morgan fingerprint density at radius 1 is 0.714 bits per heavy atom. The fourth-order valence-electron chi connectivity index (χ4n) is 4.65. The van der Waals surface area contributed by atoms with Gasteiger partial charge in [-0.2, -0.15) is 0 Å². The first-order valence-corrected chi connectivity index (χ1v) is 14.1. The van der Waals surface area contributed by atoms with Crippen molar-refractivity contribution in [2.75, 3.05) is 0 Å². The zero-order valence-electron chi connectivity index (χ0n) is 17.5. The molecule has 0 heterocycles. The van der Waals surface area contributed by atoms with Crippen LogP contribution in [0, 0.1) is 5.92 Å². The van der Waals surface area contributed by atoms with Crippen molar-refractivity contribution in [3.63, 3.8) is 0 Å². The fraction of sp³-hybridized carbons (Fsp3) is 1.00. The molecule has 0 aromatic heterocycles. The molecule has 0 spiro atoms. The molecule has 0 aliphatic rings. The molecule has 130 valence electrons. The molecular weight excluding hydrogens is 359 g/mol. The Bertz CT molecular complexity index is 213. The zero-order valence-corrected chi connectivity index (χ0v) is 20.8. The van der Waals surface area contributed by atoms with E-state index in [0.29, 0.717) is 10.3 Å². The second kappa shape index (κ2) is 9.83. The molecule has 21 heavy (non-hydrogen) atoms. The summed E-state index contributed by atoms with van der Waals surface area (Å²) in [6.07, 6.45) is 5.53. The molecule has 0 bridgehead atoms. The zero-order chi connectivity index (χ0) is 17.5. The average molecular weight is 405 g/mol. The summed E-state index contributed by atoms with van der Waals surface area (Å²) in [6, 6.07) is 0. The van der Waals surface area contributed by atoms with E-state index in [0.717, 1.165) is 5.92 Å². The Hall–Kier alpha value is 0.799. The number of rotatable bonds is 4. The van der Waals surface area contributed by atoms with Crippen LogP contribution in [-0.2, 0) is 0 Å². The molecule has 0 saturated carbocycles. The predicted molar refractivity (Wildman–Crippen MR) is 105 cm³/mol. The van der Waals surface area contributed by atoms with Crippen molar-refractivity contribution < 1.29 is 0 Å². The van der Waals surface area contributed by atoms with E-state index in [-0.39, 0.29) is 0 Å². The molecule has 0 N–H and O–H groups in total. The first kappa shape index (κ1) is 24.1. The molecule has 1 heteroatoms. The van der Waals surface area contributed by atoms with Gasteiger partial charge in [0.15, 0.2) is 0 Å². The molecule has 0 saturated heterocycles. The van der Waals surface area contributed by atoms with E-state index < -0.39 is 19.8 Å². The van der Waals surface area contributed by atoms with Crippen molar-refractivity contribution >= 4 is 19.8 Å². The van der Waals surface area contributed by atoms with Crippen LogP contribution in [0.5, 0.6) is 0 Å². The molecule has 0 aliphatic heterocycles. The van der Waals surface area contributed by atoms with Gasteiger partial charge in [-0.1, -0.05) is 46.5 Å². The van der Waals surface area contributed by atoms with Crippen LogP contribution in [-0.4, -0.2) is 19.8 Å². The molecule has 0 aromatic rings. The Balaban J connectivity index is 0. The second-order valence-corrected chi connectivity index (χ2v) is 27.5. The van der Waals surface area contributed by atoms with Crippen LogP contribution in [0.3, 0.4) is 0 Å². The van der Waals surface area contributed by atoms with Gasteiger partial charge < -0.3 is 0 Å². The second-order valence-electron chi connectivity index (χ2n) is 10.2. The van der Waals surface area contributed by atoms with E-state index in [2.05, 4.69) is 83.1 Å².